The first-order valence-corrected chi connectivity index (χ1v) is 7.88. The maximum absolute atomic E-state index is 12.3. The molecule has 1 aromatic rings. The molecular formula is C15H24N4O2. The van der Waals surface area contributed by atoms with Crippen LogP contribution in [0, 0.1) is 11.8 Å². The van der Waals surface area contributed by atoms with Crippen LogP contribution in [0.2, 0.25) is 0 Å². The maximum Gasteiger partial charge on any atom is 0.320 e. The molecular weight excluding hydrogens is 268 g/mol. The van der Waals surface area contributed by atoms with Gasteiger partial charge in [0.15, 0.2) is 0 Å². The van der Waals surface area contributed by atoms with Crippen LogP contribution < -0.4 is 10.6 Å². The largest absolute Gasteiger partial charge is 0.394 e. The third kappa shape index (κ3) is 2.64. The lowest BCUT2D eigenvalue weighted by Crippen LogP contribution is -2.62. The van der Waals surface area contributed by atoms with Gasteiger partial charge in [-0.05, 0) is 38.0 Å². The van der Waals surface area contributed by atoms with Gasteiger partial charge < -0.3 is 10.4 Å². The molecule has 3 saturated carbocycles. The van der Waals surface area contributed by atoms with Gasteiger partial charge in [-0.15, -0.1) is 0 Å². The summed E-state index contributed by atoms with van der Waals surface area (Å²) in [5.41, 5.74) is -0.442. The molecule has 3 N–H and O–H groups in total. The lowest BCUT2D eigenvalue weighted by molar-refractivity contribution is 0.00857. The van der Waals surface area contributed by atoms with E-state index >= 15 is 0 Å². The molecule has 3 aliphatic rings. The summed E-state index contributed by atoms with van der Waals surface area (Å²) >= 11 is 0. The van der Waals surface area contributed by atoms with Crippen molar-refractivity contribution < 1.29 is 9.90 Å². The fourth-order valence-corrected chi connectivity index (χ4v) is 4.05. The third-order valence-corrected chi connectivity index (χ3v) is 5.18. The molecule has 1 atom stereocenters. The van der Waals surface area contributed by atoms with Crippen LogP contribution in [0.25, 0.3) is 0 Å². The zero-order valence-electron chi connectivity index (χ0n) is 12.5. The van der Waals surface area contributed by atoms with E-state index in [1.807, 2.05) is 6.92 Å². The summed E-state index contributed by atoms with van der Waals surface area (Å²) in [6.07, 6.45) is 7.26. The predicted octanol–water partition coefficient (Wildman–Crippen LogP) is 1.97. The second kappa shape index (κ2) is 5.67. The van der Waals surface area contributed by atoms with Gasteiger partial charge in [0.1, 0.15) is 5.82 Å². The molecule has 2 amide bonds. The molecule has 1 unspecified atom stereocenters. The van der Waals surface area contributed by atoms with Crippen LogP contribution in [-0.4, -0.2) is 33.1 Å². The summed E-state index contributed by atoms with van der Waals surface area (Å²) < 4.78 is 1.73. The molecule has 0 spiro atoms. The molecule has 0 radical (unpaired) electrons. The van der Waals surface area contributed by atoms with Crippen LogP contribution in [0.5, 0.6) is 0 Å². The first kappa shape index (κ1) is 14.4. The predicted molar refractivity (Wildman–Crippen MR) is 79.9 cm³/mol. The van der Waals surface area contributed by atoms with E-state index in [0.717, 1.165) is 19.3 Å². The fraction of sp³-hybridized carbons (Fsp3) is 0.733. The van der Waals surface area contributed by atoms with Crippen molar-refractivity contribution in [3.8, 4) is 0 Å². The average molecular weight is 292 g/mol. The number of amides is 2. The van der Waals surface area contributed by atoms with Crippen LogP contribution in [0.4, 0.5) is 10.6 Å². The molecule has 1 heterocycles. The minimum atomic E-state index is -0.442. The number of aromatic nitrogens is 2. The SMILES string of the molecule is CCn1nccc1NC(=O)NC1(CO)CC2CCC1CC2. The summed E-state index contributed by atoms with van der Waals surface area (Å²) in [5, 5.41) is 19.9. The number of aliphatic hydroxyl groups is 1. The standard InChI is InChI=1S/C15H24N4O2/c1-2-19-13(7-8-16-19)17-14(21)18-15(10-20)9-11-3-5-12(15)6-4-11/h7-8,11-12,20H,2-6,9-10H2,1H3,(H2,17,18,21). The number of aryl methyl sites for hydroxylation is 1. The highest BCUT2D eigenvalue weighted by Gasteiger charge is 2.48. The lowest BCUT2D eigenvalue weighted by atomic mass is 9.60. The van der Waals surface area contributed by atoms with Crippen LogP contribution in [-0.2, 0) is 6.54 Å². The minimum Gasteiger partial charge on any atom is -0.394 e. The van der Waals surface area contributed by atoms with Gasteiger partial charge in [0, 0.05) is 12.6 Å². The number of urea groups is 1. The van der Waals surface area contributed by atoms with Crippen LogP contribution in [0.1, 0.15) is 39.0 Å². The van der Waals surface area contributed by atoms with Gasteiger partial charge in [0.05, 0.1) is 18.3 Å². The van der Waals surface area contributed by atoms with E-state index in [1.54, 1.807) is 16.9 Å². The van der Waals surface area contributed by atoms with Gasteiger partial charge in [0.2, 0.25) is 0 Å². The highest BCUT2D eigenvalue weighted by Crippen LogP contribution is 2.47. The minimum absolute atomic E-state index is 0.0224. The Labute approximate surface area is 124 Å². The van der Waals surface area contributed by atoms with Crippen molar-refractivity contribution in [2.24, 2.45) is 11.8 Å². The second-order valence-electron chi connectivity index (χ2n) is 6.35. The zero-order chi connectivity index (χ0) is 14.9. The monoisotopic (exact) mass is 292 g/mol. The van der Waals surface area contributed by atoms with Crippen molar-refractivity contribution in [2.75, 3.05) is 11.9 Å². The third-order valence-electron chi connectivity index (χ3n) is 5.18. The summed E-state index contributed by atoms with van der Waals surface area (Å²) in [6, 6.07) is 1.54. The number of hydrogen-bond donors (Lipinski definition) is 3. The molecule has 0 saturated heterocycles. The van der Waals surface area contributed by atoms with E-state index in [4.69, 9.17) is 0 Å². The van der Waals surface area contributed by atoms with Gasteiger partial charge in [-0.1, -0.05) is 12.8 Å². The highest BCUT2D eigenvalue weighted by atomic mass is 16.3. The fourth-order valence-electron chi connectivity index (χ4n) is 4.05. The Morgan fingerprint density at radius 3 is 2.81 bits per heavy atom. The molecule has 0 aliphatic heterocycles. The Balaban J connectivity index is 1.68. The molecule has 4 rings (SSSR count). The van der Waals surface area contributed by atoms with E-state index in [2.05, 4.69) is 15.7 Å². The number of aliphatic hydroxyl groups excluding tert-OH is 1. The number of carbonyl (C=O) groups excluding carboxylic acids is 1. The van der Waals surface area contributed by atoms with Gasteiger partial charge >= 0.3 is 6.03 Å². The van der Waals surface area contributed by atoms with Gasteiger partial charge in [-0.2, -0.15) is 5.10 Å². The Kier molecular flexibility index (Phi) is 3.89. The Hall–Kier alpha value is -1.56. The maximum atomic E-state index is 12.3. The molecule has 3 aliphatic carbocycles. The van der Waals surface area contributed by atoms with Crippen molar-refractivity contribution in [1.82, 2.24) is 15.1 Å². The topological polar surface area (TPSA) is 79.2 Å². The molecule has 0 aromatic carbocycles. The average Bonchev–Trinajstić information content (AvgIpc) is 2.95. The summed E-state index contributed by atoms with van der Waals surface area (Å²) in [5.74, 6) is 1.72. The highest BCUT2D eigenvalue weighted by molar-refractivity contribution is 5.88. The lowest BCUT2D eigenvalue weighted by Gasteiger charge is -2.51. The van der Waals surface area contributed by atoms with Crippen LogP contribution in [0.15, 0.2) is 12.3 Å². The number of anilines is 1. The molecule has 21 heavy (non-hydrogen) atoms. The van der Waals surface area contributed by atoms with Crippen molar-refractivity contribution in [3.63, 3.8) is 0 Å². The summed E-state index contributed by atoms with van der Waals surface area (Å²) in [6.45, 7) is 2.71. The number of nitrogens with zero attached hydrogens (tertiary/aromatic N) is 2. The van der Waals surface area contributed by atoms with Crippen molar-refractivity contribution >= 4 is 11.8 Å². The Morgan fingerprint density at radius 2 is 2.24 bits per heavy atom. The van der Waals surface area contributed by atoms with E-state index in [9.17, 15) is 9.90 Å². The molecule has 1 aromatic heterocycles. The molecule has 6 heteroatoms. The summed E-state index contributed by atoms with van der Waals surface area (Å²) in [7, 11) is 0. The number of rotatable bonds is 4. The van der Waals surface area contributed by atoms with Crippen molar-refractivity contribution in [2.45, 2.75) is 51.1 Å². The zero-order valence-corrected chi connectivity index (χ0v) is 12.5. The molecule has 116 valence electrons. The quantitative estimate of drug-likeness (QED) is 0.793. The van der Waals surface area contributed by atoms with Gasteiger partial charge in [-0.25, -0.2) is 9.48 Å². The van der Waals surface area contributed by atoms with Gasteiger partial charge in [0.25, 0.3) is 0 Å². The second-order valence-corrected chi connectivity index (χ2v) is 6.35. The van der Waals surface area contributed by atoms with Gasteiger partial charge in [-0.3, -0.25) is 5.32 Å². The molecule has 2 bridgehead atoms. The Morgan fingerprint density at radius 1 is 1.48 bits per heavy atom. The van der Waals surface area contributed by atoms with E-state index < -0.39 is 5.54 Å². The van der Waals surface area contributed by atoms with Crippen molar-refractivity contribution in [3.05, 3.63) is 12.3 Å². The first-order valence-electron chi connectivity index (χ1n) is 7.88. The number of hydrogen-bond acceptors (Lipinski definition) is 3. The van der Waals surface area contributed by atoms with Crippen LogP contribution >= 0.6 is 0 Å². The smallest absolute Gasteiger partial charge is 0.320 e. The Bertz CT molecular complexity index is 508. The normalized spacial score (nSPS) is 31.1. The van der Waals surface area contributed by atoms with Crippen LogP contribution in [0.3, 0.4) is 0 Å². The molecule has 3 fully saturated rings. The number of fused-ring (bicyclic) bond motifs is 3. The van der Waals surface area contributed by atoms with Crippen molar-refractivity contribution in [1.29, 1.82) is 0 Å². The number of nitrogens with one attached hydrogen (secondary N) is 2. The van der Waals surface area contributed by atoms with E-state index in [-0.39, 0.29) is 12.6 Å². The molecule has 6 nitrogen and oxygen atoms in total. The van der Waals surface area contributed by atoms with E-state index in [1.165, 1.54) is 12.8 Å². The summed E-state index contributed by atoms with van der Waals surface area (Å²) in [4.78, 5) is 12.3. The first-order chi connectivity index (χ1) is 10.2. The number of carbonyl (C=O) groups is 1. The van der Waals surface area contributed by atoms with E-state index in [0.29, 0.717) is 24.2 Å².